The van der Waals surface area contributed by atoms with E-state index in [0.717, 1.165) is 11.3 Å². The summed E-state index contributed by atoms with van der Waals surface area (Å²) >= 11 is 6.36. The summed E-state index contributed by atoms with van der Waals surface area (Å²) in [6.45, 7) is 0. The topological polar surface area (TPSA) is 75.7 Å². The predicted molar refractivity (Wildman–Crippen MR) is 159 cm³/mol. The Kier molecular flexibility index (Phi) is 5.84. The molecule has 0 radical (unpaired) electrons. The molecule has 41 heavy (non-hydrogen) atoms. The van der Waals surface area contributed by atoms with Crippen molar-refractivity contribution in [3.05, 3.63) is 130 Å². The summed E-state index contributed by atoms with van der Waals surface area (Å²) in [5, 5.41) is 3.60. The zero-order chi connectivity index (χ0) is 28.3. The number of Topliss-reactive ketones (excluding diaryl/α,β-unsaturated/α-hetero) is 2. The molecule has 1 amide bonds. The van der Waals surface area contributed by atoms with Crippen molar-refractivity contribution in [2.45, 2.75) is 17.5 Å². The van der Waals surface area contributed by atoms with Crippen LogP contribution in [0.5, 0.6) is 5.75 Å². The number of hydrogen-bond donors (Lipinski definition) is 1. The van der Waals surface area contributed by atoms with Gasteiger partial charge in [-0.25, -0.2) is 0 Å². The highest BCUT2D eigenvalue weighted by atomic mass is 35.5. The Morgan fingerprint density at radius 2 is 1.59 bits per heavy atom. The van der Waals surface area contributed by atoms with Crippen LogP contribution in [0, 0.1) is 5.92 Å². The molecule has 7 rings (SSSR count). The molecule has 3 aliphatic heterocycles. The van der Waals surface area contributed by atoms with Crippen LogP contribution in [0.2, 0.25) is 5.02 Å². The molecule has 4 aromatic rings. The van der Waals surface area contributed by atoms with Gasteiger partial charge in [-0.05, 0) is 59.7 Å². The van der Waals surface area contributed by atoms with E-state index >= 15 is 0 Å². The number of nitrogens with zero attached hydrogens (tertiary/aromatic N) is 1. The van der Waals surface area contributed by atoms with Crippen molar-refractivity contribution in [2.75, 3.05) is 17.3 Å². The number of hydrogen-bond acceptors (Lipinski definition) is 5. The third kappa shape index (κ3) is 3.60. The van der Waals surface area contributed by atoms with Crippen molar-refractivity contribution in [3.8, 4) is 5.75 Å². The Hall–Kier alpha value is -4.68. The van der Waals surface area contributed by atoms with E-state index in [4.69, 9.17) is 16.3 Å². The average Bonchev–Trinajstić information content (AvgIpc) is 3.49. The van der Waals surface area contributed by atoms with E-state index in [0.29, 0.717) is 33.1 Å². The summed E-state index contributed by atoms with van der Waals surface area (Å²) in [5.41, 5.74) is 2.43. The van der Waals surface area contributed by atoms with Gasteiger partial charge in [0.2, 0.25) is 5.91 Å². The van der Waals surface area contributed by atoms with E-state index < -0.39 is 23.4 Å². The van der Waals surface area contributed by atoms with Crippen molar-refractivity contribution < 1.29 is 19.1 Å². The van der Waals surface area contributed by atoms with Crippen molar-refractivity contribution >= 4 is 46.5 Å². The van der Waals surface area contributed by atoms with Crippen LogP contribution < -0.4 is 15.0 Å². The van der Waals surface area contributed by atoms with Crippen LogP contribution >= 0.6 is 11.6 Å². The second-order valence-electron chi connectivity index (χ2n) is 10.5. The number of fused-ring (bicyclic) bond motifs is 6. The highest BCUT2D eigenvalue weighted by Gasteiger charge is 2.70. The monoisotopic (exact) mass is 560 g/mol. The largest absolute Gasteiger partial charge is 0.497 e. The number of para-hydroxylation sites is 1. The van der Waals surface area contributed by atoms with Crippen molar-refractivity contribution in [1.29, 1.82) is 0 Å². The number of rotatable bonds is 5. The number of carbonyl (C=O) groups is 3. The predicted octanol–water partition coefficient (Wildman–Crippen LogP) is 6.20. The maximum absolute atomic E-state index is 14.8. The lowest BCUT2D eigenvalue weighted by molar-refractivity contribution is -0.121. The molecule has 7 heteroatoms. The zero-order valence-corrected chi connectivity index (χ0v) is 22.8. The van der Waals surface area contributed by atoms with Gasteiger partial charge in [0, 0.05) is 27.5 Å². The van der Waals surface area contributed by atoms with E-state index in [2.05, 4.69) is 5.32 Å². The number of ketones is 2. The van der Waals surface area contributed by atoms with Crippen molar-refractivity contribution in [2.24, 2.45) is 5.92 Å². The quantitative estimate of drug-likeness (QED) is 0.294. The number of anilines is 2. The van der Waals surface area contributed by atoms with Gasteiger partial charge in [0.1, 0.15) is 17.2 Å². The number of methoxy groups -OCH3 is 1. The Bertz CT molecular complexity index is 1750. The summed E-state index contributed by atoms with van der Waals surface area (Å²) < 4.78 is 5.32. The average molecular weight is 561 g/mol. The van der Waals surface area contributed by atoms with Gasteiger partial charge in [0.05, 0.1) is 19.1 Å². The standard InChI is InChI=1S/C34H25ClN2O4/c1-41-24-15-11-21(12-16-24)31(38)29-30(32(39)20-7-3-2-4-8-20)37-27-17-14-23(35)19-22(27)13-18-28(37)34(29)25-9-5-6-10-26(25)36-33(34)40/h2-19,28-30H,1H3,(H,36,40)/t28-,29-,30+,34+/m1/s1. The molecule has 0 aromatic heterocycles. The van der Waals surface area contributed by atoms with Crippen LogP contribution in [-0.4, -0.2) is 36.7 Å². The Balaban J connectivity index is 1.52. The first-order chi connectivity index (χ1) is 19.9. The third-order valence-electron chi connectivity index (χ3n) is 8.58. The van der Waals surface area contributed by atoms with E-state index in [1.54, 1.807) is 61.7 Å². The lowest BCUT2D eigenvalue weighted by Crippen LogP contribution is -2.51. The molecule has 0 aliphatic carbocycles. The van der Waals surface area contributed by atoms with Gasteiger partial charge < -0.3 is 15.0 Å². The van der Waals surface area contributed by atoms with Crippen molar-refractivity contribution in [3.63, 3.8) is 0 Å². The normalized spacial score (nSPS) is 23.5. The minimum Gasteiger partial charge on any atom is -0.497 e. The maximum Gasteiger partial charge on any atom is 0.238 e. The Morgan fingerprint density at radius 3 is 2.34 bits per heavy atom. The number of amides is 1. The SMILES string of the molecule is COc1ccc(C(=O)[C@H]2[C@@H](C(=O)c3ccccc3)N3c4ccc(Cl)cc4C=C[C@@H]3[C@]23C(=O)Nc2ccccc23)cc1. The third-order valence-corrected chi connectivity index (χ3v) is 8.81. The van der Waals surface area contributed by atoms with Gasteiger partial charge in [-0.1, -0.05) is 72.3 Å². The number of ether oxygens (including phenoxy) is 1. The molecule has 4 aromatic carbocycles. The van der Waals surface area contributed by atoms with E-state index in [1.807, 2.05) is 59.5 Å². The Labute approximate surface area is 242 Å². The smallest absolute Gasteiger partial charge is 0.238 e. The molecular weight excluding hydrogens is 536 g/mol. The summed E-state index contributed by atoms with van der Waals surface area (Å²) in [5.74, 6) is -1.25. The van der Waals surface area contributed by atoms with Gasteiger partial charge in [-0.3, -0.25) is 14.4 Å². The number of nitrogens with one attached hydrogen (secondary N) is 1. The second-order valence-corrected chi connectivity index (χ2v) is 11.0. The summed E-state index contributed by atoms with van der Waals surface area (Å²) in [6, 6.07) is 27.1. The first-order valence-corrected chi connectivity index (χ1v) is 13.8. The van der Waals surface area contributed by atoms with Crippen LogP contribution in [-0.2, 0) is 10.2 Å². The summed E-state index contributed by atoms with van der Waals surface area (Å²) in [4.78, 5) is 45.7. The molecule has 0 saturated carbocycles. The van der Waals surface area contributed by atoms with Crippen LogP contribution in [0.25, 0.3) is 6.08 Å². The molecule has 202 valence electrons. The van der Waals surface area contributed by atoms with Crippen LogP contribution in [0.4, 0.5) is 11.4 Å². The highest BCUT2D eigenvalue weighted by Crippen LogP contribution is 2.58. The fourth-order valence-corrected chi connectivity index (χ4v) is 7.04. The molecule has 1 saturated heterocycles. The van der Waals surface area contributed by atoms with Crippen LogP contribution in [0.3, 0.4) is 0 Å². The molecule has 3 heterocycles. The van der Waals surface area contributed by atoms with Gasteiger partial charge in [0.25, 0.3) is 0 Å². The molecule has 1 fully saturated rings. The molecule has 3 aliphatic rings. The maximum atomic E-state index is 14.8. The van der Waals surface area contributed by atoms with Gasteiger partial charge in [0.15, 0.2) is 11.6 Å². The first-order valence-electron chi connectivity index (χ1n) is 13.4. The molecule has 6 nitrogen and oxygen atoms in total. The van der Waals surface area contributed by atoms with Crippen LogP contribution in [0.1, 0.15) is 31.8 Å². The summed E-state index contributed by atoms with van der Waals surface area (Å²) in [6.07, 6.45) is 3.87. The lowest BCUT2D eigenvalue weighted by Gasteiger charge is -2.37. The van der Waals surface area contributed by atoms with Gasteiger partial charge in [-0.15, -0.1) is 0 Å². The minimum atomic E-state index is -1.36. The molecular formula is C34H25ClN2O4. The molecule has 4 atom stereocenters. The van der Waals surface area contributed by atoms with E-state index in [9.17, 15) is 14.4 Å². The molecule has 1 N–H and O–H groups in total. The van der Waals surface area contributed by atoms with Crippen molar-refractivity contribution in [1.82, 2.24) is 0 Å². The number of carbonyl (C=O) groups excluding carboxylic acids is 3. The highest BCUT2D eigenvalue weighted by molar-refractivity contribution is 6.31. The van der Waals surface area contributed by atoms with Gasteiger partial charge in [-0.2, -0.15) is 0 Å². The molecule has 0 bridgehead atoms. The first kappa shape index (κ1) is 25.3. The van der Waals surface area contributed by atoms with E-state index in [-0.39, 0.29) is 17.5 Å². The fourth-order valence-electron chi connectivity index (χ4n) is 6.86. The number of benzene rings is 4. The van der Waals surface area contributed by atoms with Crippen LogP contribution in [0.15, 0.2) is 103 Å². The summed E-state index contributed by atoms with van der Waals surface area (Å²) in [7, 11) is 1.56. The fraction of sp³-hybridized carbons (Fsp3) is 0.147. The second kappa shape index (κ2) is 9.46. The molecule has 0 unspecified atom stereocenters. The zero-order valence-electron chi connectivity index (χ0n) is 22.1. The lowest BCUT2D eigenvalue weighted by atomic mass is 9.64. The number of halogens is 1. The van der Waals surface area contributed by atoms with Gasteiger partial charge >= 0.3 is 0 Å². The van der Waals surface area contributed by atoms with E-state index in [1.165, 1.54) is 0 Å². The molecule has 1 spiro atoms. The Morgan fingerprint density at radius 1 is 0.878 bits per heavy atom. The minimum absolute atomic E-state index is 0.229.